The quantitative estimate of drug-likeness (QED) is 0.764. The lowest BCUT2D eigenvalue weighted by molar-refractivity contribution is 0.472. The van der Waals surface area contributed by atoms with Crippen LogP contribution in [0.2, 0.25) is 0 Å². The molecule has 1 unspecified atom stereocenters. The maximum Gasteiger partial charge on any atom is 0.0949 e. The summed E-state index contributed by atoms with van der Waals surface area (Å²) in [6, 6.07) is 2.54. The fourth-order valence-corrected chi connectivity index (χ4v) is 1.46. The standard InChI is InChI=1S/C11H16N4/c1-3-10(2)15-6-4-11(13-15)8-14-7-5-12-9-14/h4-7,9-10H,3,8H2,1-2H3. The highest BCUT2D eigenvalue weighted by molar-refractivity contribution is 5.00. The van der Waals surface area contributed by atoms with E-state index in [1.165, 1.54) is 0 Å². The SMILES string of the molecule is CCC(C)n1ccc(Cn2ccnc2)n1. The van der Waals surface area contributed by atoms with Crippen LogP contribution >= 0.6 is 0 Å². The first-order chi connectivity index (χ1) is 7.29. The van der Waals surface area contributed by atoms with E-state index in [1.54, 1.807) is 6.20 Å². The lowest BCUT2D eigenvalue weighted by Crippen LogP contribution is -2.06. The molecule has 0 aliphatic carbocycles. The molecule has 15 heavy (non-hydrogen) atoms. The van der Waals surface area contributed by atoms with Gasteiger partial charge in [-0.2, -0.15) is 5.10 Å². The predicted molar refractivity (Wildman–Crippen MR) is 58.6 cm³/mol. The van der Waals surface area contributed by atoms with E-state index in [4.69, 9.17) is 0 Å². The highest BCUT2D eigenvalue weighted by Crippen LogP contribution is 2.09. The Bertz CT molecular complexity index is 402. The van der Waals surface area contributed by atoms with E-state index < -0.39 is 0 Å². The summed E-state index contributed by atoms with van der Waals surface area (Å²) in [6.07, 6.45) is 8.68. The number of aromatic nitrogens is 4. The van der Waals surface area contributed by atoms with Crippen LogP contribution in [0.15, 0.2) is 31.0 Å². The van der Waals surface area contributed by atoms with Crippen molar-refractivity contribution in [2.24, 2.45) is 0 Å². The van der Waals surface area contributed by atoms with Crippen molar-refractivity contribution in [3.63, 3.8) is 0 Å². The lowest BCUT2D eigenvalue weighted by atomic mass is 10.3. The topological polar surface area (TPSA) is 35.6 Å². The molecular formula is C11H16N4. The summed E-state index contributed by atoms with van der Waals surface area (Å²) < 4.78 is 4.04. The number of rotatable bonds is 4. The Morgan fingerprint density at radius 1 is 1.40 bits per heavy atom. The zero-order valence-corrected chi connectivity index (χ0v) is 9.17. The number of nitrogens with zero attached hydrogens (tertiary/aromatic N) is 4. The van der Waals surface area contributed by atoms with Crippen LogP contribution in [0.1, 0.15) is 32.0 Å². The average Bonchev–Trinajstić information content (AvgIpc) is 2.88. The van der Waals surface area contributed by atoms with E-state index in [1.807, 2.05) is 28.0 Å². The summed E-state index contributed by atoms with van der Waals surface area (Å²) in [5.41, 5.74) is 1.08. The lowest BCUT2D eigenvalue weighted by Gasteiger charge is -2.08. The first-order valence-corrected chi connectivity index (χ1v) is 5.29. The van der Waals surface area contributed by atoms with E-state index >= 15 is 0 Å². The Kier molecular flexibility index (Phi) is 2.85. The van der Waals surface area contributed by atoms with Crippen molar-refractivity contribution in [1.29, 1.82) is 0 Å². The molecule has 2 aromatic heterocycles. The van der Waals surface area contributed by atoms with Gasteiger partial charge in [0, 0.05) is 24.6 Å². The second kappa shape index (κ2) is 4.29. The molecule has 2 rings (SSSR count). The van der Waals surface area contributed by atoms with Crippen molar-refractivity contribution < 1.29 is 0 Å². The van der Waals surface area contributed by atoms with Crippen molar-refractivity contribution >= 4 is 0 Å². The minimum Gasteiger partial charge on any atom is -0.331 e. The summed E-state index contributed by atoms with van der Waals surface area (Å²) in [6.45, 7) is 5.14. The second-order valence-corrected chi connectivity index (χ2v) is 3.78. The molecule has 4 nitrogen and oxygen atoms in total. The Morgan fingerprint density at radius 2 is 2.27 bits per heavy atom. The largest absolute Gasteiger partial charge is 0.331 e. The van der Waals surface area contributed by atoms with Crippen LogP contribution in [0, 0.1) is 0 Å². The van der Waals surface area contributed by atoms with Gasteiger partial charge in [-0.3, -0.25) is 4.68 Å². The number of imidazole rings is 1. The molecule has 0 aliphatic heterocycles. The molecule has 1 atom stereocenters. The number of hydrogen-bond donors (Lipinski definition) is 0. The van der Waals surface area contributed by atoms with E-state index in [2.05, 4.69) is 30.0 Å². The van der Waals surface area contributed by atoms with Gasteiger partial charge >= 0.3 is 0 Å². The van der Waals surface area contributed by atoms with Crippen molar-refractivity contribution in [1.82, 2.24) is 19.3 Å². The van der Waals surface area contributed by atoms with Crippen LogP contribution in [-0.2, 0) is 6.54 Å². The molecule has 0 saturated carbocycles. The van der Waals surface area contributed by atoms with Crippen LogP contribution in [0.5, 0.6) is 0 Å². The predicted octanol–water partition coefficient (Wildman–Crippen LogP) is 2.10. The third-order valence-electron chi connectivity index (χ3n) is 2.61. The Morgan fingerprint density at radius 3 is 2.93 bits per heavy atom. The molecule has 0 saturated heterocycles. The summed E-state index contributed by atoms with van der Waals surface area (Å²) >= 11 is 0. The fraction of sp³-hybridized carbons (Fsp3) is 0.455. The summed E-state index contributed by atoms with van der Waals surface area (Å²) in [5, 5.41) is 4.52. The molecular weight excluding hydrogens is 188 g/mol. The molecule has 0 aliphatic rings. The molecule has 0 N–H and O–H groups in total. The van der Waals surface area contributed by atoms with Crippen LogP contribution in [0.25, 0.3) is 0 Å². The summed E-state index contributed by atoms with van der Waals surface area (Å²) in [4.78, 5) is 4.00. The minimum absolute atomic E-state index is 0.474. The van der Waals surface area contributed by atoms with Gasteiger partial charge in [-0.1, -0.05) is 6.92 Å². The Labute approximate surface area is 89.6 Å². The Hall–Kier alpha value is -1.58. The summed E-state index contributed by atoms with van der Waals surface area (Å²) in [5.74, 6) is 0. The molecule has 2 aromatic rings. The smallest absolute Gasteiger partial charge is 0.0949 e. The van der Waals surface area contributed by atoms with Crippen molar-refractivity contribution in [2.75, 3.05) is 0 Å². The van der Waals surface area contributed by atoms with E-state index in [0.29, 0.717) is 6.04 Å². The van der Waals surface area contributed by atoms with E-state index in [0.717, 1.165) is 18.7 Å². The van der Waals surface area contributed by atoms with Crippen molar-refractivity contribution in [3.8, 4) is 0 Å². The molecule has 0 amide bonds. The van der Waals surface area contributed by atoms with Gasteiger partial charge in [0.2, 0.25) is 0 Å². The van der Waals surface area contributed by atoms with Gasteiger partial charge in [0.1, 0.15) is 0 Å². The van der Waals surface area contributed by atoms with Gasteiger partial charge in [-0.15, -0.1) is 0 Å². The van der Waals surface area contributed by atoms with E-state index in [-0.39, 0.29) is 0 Å². The fourth-order valence-electron chi connectivity index (χ4n) is 1.46. The third-order valence-corrected chi connectivity index (χ3v) is 2.61. The maximum absolute atomic E-state index is 4.52. The first kappa shape index (κ1) is 9.96. The molecule has 0 bridgehead atoms. The third kappa shape index (κ3) is 2.26. The van der Waals surface area contributed by atoms with Gasteiger partial charge in [-0.25, -0.2) is 4.98 Å². The van der Waals surface area contributed by atoms with Crippen molar-refractivity contribution in [3.05, 3.63) is 36.7 Å². The van der Waals surface area contributed by atoms with Gasteiger partial charge in [0.25, 0.3) is 0 Å². The van der Waals surface area contributed by atoms with Crippen LogP contribution in [0.4, 0.5) is 0 Å². The van der Waals surface area contributed by atoms with Gasteiger partial charge in [-0.05, 0) is 19.4 Å². The van der Waals surface area contributed by atoms with Crippen molar-refractivity contribution in [2.45, 2.75) is 32.9 Å². The van der Waals surface area contributed by atoms with E-state index in [9.17, 15) is 0 Å². The molecule has 80 valence electrons. The Balaban J connectivity index is 2.07. The first-order valence-electron chi connectivity index (χ1n) is 5.29. The number of hydrogen-bond acceptors (Lipinski definition) is 2. The average molecular weight is 204 g/mol. The van der Waals surface area contributed by atoms with Gasteiger partial charge < -0.3 is 4.57 Å². The molecule has 2 heterocycles. The monoisotopic (exact) mass is 204 g/mol. The molecule has 0 fully saturated rings. The zero-order chi connectivity index (χ0) is 10.7. The maximum atomic E-state index is 4.52. The van der Waals surface area contributed by atoms with Crippen LogP contribution < -0.4 is 0 Å². The molecule has 0 aromatic carbocycles. The van der Waals surface area contributed by atoms with Crippen LogP contribution in [-0.4, -0.2) is 19.3 Å². The molecule has 0 radical (unpaired) electrons. The van der Waals surface area contributed by atoms with Crippen LogP contribution in [0.3, 0.4) is 0 Å². The van der Waals surface area contributed by atoms with Gasteiger partial charge in [0.05, 0.1) is 18.6 Å². The normalized spacial score (nSPS) is 12.9. The molecule has 4 heteroatoms. The minimum atomic E-state index is 0.474. The zero-order valence-electron chi connectivity index (χ0n) is 9.17. The highest BCUT2D eigenvalue weighted by Gasteiger charge is 2.04. The molecule has 0 spiro atoms. The highest BCUT2D eigenvalue weighted by atomic mass is 15.3. The second-order valence-electron chi connectivity index (χ2n) is 3.78. The summed E-state index contributed by atoms with van der Waals surface area (Å²) in [7, 11) is 0. The van der Waals surface area contributed by atoms with Gasteiger partial charge in [0.15, 0.2) is 0 Å².